The van der Waals surface area contributed by atoms with Crippen LogP contribution in [0.3, 0.4) is 0 Å². The number of rotatable bonds is 0. The summed E-state index contributed by atoms with van der Waals surface area (Å²) in [5.41, 5.74) is 5.88. The lowest BCUT2D eigenvalue weighted by Crippen LogP contribution is -1.96. The van der Waals surface area contributed by atoms with Crippen LogP contribution in [0.25, 0.3) is 0 Å². The number of aliphatic imine (C=N–C) groups is 1. The summed E-state index contributed by atoms with van der Waals surface area (Å²) in [4.78, 5) is 4.26. The number of hydrogen-bond donors (Lipinski definition) is 0. The van der Waals surface area contributed by atoms with Crippen molar-refractivity contribution in [3.8, 4) is 0 Å². The van der Waals surface area contributed by atoms with E-state index in [0.717, 1.165) is 13.0 Å². The quantitative estimate of drug-likeness (QED) is 0.471. The molecule has 0 spiro atoms. The predicted octanol–water partition coefficient (Wildman–Crippen LogP) is 1.64. The van der Waals surface area contributed by atoms with Gasteiger partial charge in [0.25, 0.3) is 0 Å². The molecule has 0 radical (unpaired) electrons. The van der Waals surface area contributed by atoms with Crippen molar-refractivity contribution in [2.45, 2.75) is 6.42 Å². The molecule has 3 rings (SSSR count). The van der Waals surface area contributed by atoms with E-state index in [4.69, 9.17) is 0 Å². The lowest BCUT2D eigenvalue weighted by atomic mass is 10.0. The van der Waals surface area contributed by atoms with E-state index in [0.29, 0.717) is 0 Å². The molecule has 4 bridgehead atoms. The second kappa shape index (κ2) is 1.31. The highest BCUT2D eigenvalue weighted by atomic mass is 14.7. The van der Waals surface area contributed by atoms with Crippen molar-refractivity contribution in [3.05, 3.63) is 34.4 Å². The standard InChI is InChI=1S/C9H7N/c1-2-8-7-3-6(1)9(8)5-10-4-7/h1-2,4H,3,5H2. The molecule has 0 aromatic heterocycles. The molecule has 1 heteroatoms. The summed E-state index contributed by atoms with van der Waals surface area (Å²) in [5, 5.41) is 0. The molecule has 0 atom stereocenters. The molecule has 0 amide bonds. The van der Waals surface area contributed by atoms with Crippen molar-refractivity contribution in [1.82, 2.24) is 0 Å². The van der Waals surface area contributed by atoms with E-state index in [1.807, 2.05) is 6.21 Å². The van der Waals surface area contributed by atoms with Crippen molar-refractivity contribution in [2.75, 3.05) is 6.54 Å². The van der Waals surface area contributed by atoms with Gasteiger partial charge in [-0.2, -0.15) is 0 Å². The summed E-state index contributed by atoms with van der Waals surface area (Å²) in [5.74, 6) is 0. The number of allylic oxidation sites excluding steroid dienone is 4. The maximum absolute atomic E-state index is 4.26. The van der Waals surface area contributed by atoms with E-state index < -0.39 is 0 Å². The van der Waals surface area contributed by atoms with E-state index in [-0.39, 0.29) is 0 Å². The van der Waals surface area contributed by atoms with Crippen LogP contribution in [0.15, 0.2) is 39.4 Å². The zero-order chi connectivity index (χ0) is 6.55. The van der Waals surface area contributed by atoms with E-state index in [2.05, 4.69) is 17.1 Å². The van der Waals surface area contributed by atoms with Gasteiger partial charge in [-0.05, 0) is 28.7 Å². The molecular formula is C9H7N. The lowest BCUT2D eigenvalue weighted by Gasteiger charge is -2.05. The largest absolute Gasteiger partial charge is 0.288 e. The summed E-state index contributed by atoms with van der Waals surface area (Å²) in [6.07, 6.45) is 7.61. The average molecular weight is 129 g/mol. The van der Waals surface area contributed by atoms with Crippen molar-refractivity contribution in [2.24, 2.45) is 4.99 Å². The minimum Gasteiger partial charge on any atom is -0.288 e. The first-order valence-electron chi connectivity index (χ1n) is 3.58. The van der Waals surface area contributed by atoms with Gasteiger partial charge in [0.2, 0.25) is 0 Å². The van der Waals surface area contributed by atoms with Crippen LogP contribution in [0.5, 0.6) is 0 Å². The Labute approximate surface area is 59.5 Å². The number of dihydropyridines is 1. The fraction of sp³-hybridized carbons (Fsp3) is 0.222. The monoisotopic (exact) mass is 129 g/mol. The smallest absolute Gasteiger partial charge is 0.0648 e. The summed E-state index contributed by atoms with van der Waals surface area (Å²) in [7, 11) is 0. The van der Waals surface area contributed by atoms with Gasteiger partial charge < -0.3 is 0 Å². The molecule has 3 aliphatic rings. The Balaban J connectivity index is 2.36. The fourth-order valence-electron chi connectivity index (χ4n) is 1.87. The van der Waals surface area contributed by atoms with E-state index in [1.165, 1.54) is 22.3 Å². The van der Waals surface area contributed by atoms with Gasteiger partial charge >= 0.3 is 0 Å². The highest BCUT2D eigenvalue weighted by Crippen LogP contribution is 2.40. The van der Waals surface area contributed by atoms with Crippen LogP contribution in [0.4, 0.5) is 0 Å². The van der Waals surface area contributed by atoms with Crippen molar-refractivity contribution >= 4 is 6.21 Å². The Bertz CT molecular complexity index is 324. The third-order valence-electron chi connectivity index (χ3n) is 2.39. The summed E-state index contributed by atoms with van der Waals surface area (Å²) in [6, 6.07) is 0. The van der Waals surface area contributed by atoms with Crippen LogP contribution >= 0.6 is 0 Å². The van der Waals surface area contributed by atoms with Gasteiger partial charge in [0.1, 0.15) is 0 Å². The number of hydrogen-bond acceptors (Lipinski definition) is 1. The fourth-order valence-corrected chi connectivity index (χ4v) is 1.87. The third-order valence-corrected chi connectivity index (χ3v) is 2.39. The van der Waals surface area contributed by atoms with Crippen molar-refractivity contribution < 1.29 is 0 Å². The second-order valence-electron chi connectivity index (χ2n) is 2.92. The normalized spacial score (nSPS) is 25.6. The van der Waals surface area contributed by atoms with Gasteiger partial charge in [-0.15, -0.1) is 0 Å². The van der Waals surface area contributed by atoms with Crippen LogP contribution in [0, 0.1) is 0 Å². The lowest BCUT2D eigenvalue weighted by molar-refractivity contribution is 1.16. The highest BCUT2D eigenvalue weighted by molar-refractivity contribution is 5.89. The zero-order valence-electron chi connectivity index (χ0n) is 5.59. The van der Waals surface area contributed by atoms with Crippen LogP contribution in [-0.4, -0.2) is 12.8 Å². The minimum atomic E-state index is 0.918. The van der Waals surface area contributed by atoms with E-state index in [1.54, 1.807) is 0 Å². The van der Waals surface area contributed by atoms with Gasteiger partial charge in [-0.3, -0.25) is 4.99 Å². The van der Waals surface area contributed by atoms with Crippen molar-refractivity contribution in [3.63, 3.8) is 0 Å². The van der Waals surface area contributed by atoms with Gasteiger partial charge in [0.15, 0.2) is 0 Å². The van der Waals surface area contributed by atoms with Gasteiger partial charge in [0.05, 0.1) is 6.54 Å². The highest BCUT2D eigenvalue weighted by Gasteiger charge is 2.26. The number of nitrogens with zero attached hydrogens (tertiary/aromatic N) is 1. The van der Waals surface area contributed by atoms with Crippen LogP contribution in [0.2, 0.25) is 0 Å². The molecule has 2 aliphatic carbocycles. The van der Waals surface area contributed by atoms with Crippen LogP contribution < -0.4 is 0 Å². The first-order chi connectivity index (χ1) is 4.95. The molecule has 0 aromatic carbocycles. The molecule has 0 aromatic rings. The van der Waals surface area contributed by atoms with Gasteiger partial charge in [-0.25, -0.2) is 0 Å². The Morgan fingerprint density at radius 3 is 3.00 bits per heavy atom. The maximum atomic E-state index is 4.26. The molecule has 0 fully saturated rings. The first kappa shape index (κ1) is 4.67. The molecule has 10 heavy (non-hydrogen) atoms. The SMILES string of the molecule is C1=CC2=C3C=NCC2=C1C3. The summed E-state index contributed by atoms with van der Waals surface area (Å²) < 4.78 is 0. The van der Waals surface area contributed by atoms with Crippen molar-refractivity contribution in [1.29, 1.82) is 0 Å². The second-order valence-corrected chi connectivity index (χ2v) is 2.92. The van der Waals surface area contributed by atoms with Gasteiger partial charge in [0, 0.05) is 6.21 Å². The zero-order valence-corrected chi connectivity index (χ0v) is 5.59. The molecule has 0 saturated heterocycles. The van der Waals surface area contributed by atoms with Gasteiger partial charge in [-0.1, -0.05) is 12.2 Å². The average Bonchev–Trinajstić information content (AvgIpc) is 2.44. The maximum Gasteiger partial charge on any atom is 0.0648 e. The Kier molecular flexibility index (Phi) is 0.613. The predicted molar refractivity (Wildman–Crippen MR) is 41.2 cm³/mol. The molecule has 48 valence electrons. The van der Waals surface area contributed by atoms with Crippen LogP contribution in [0.1, 0.15) is 6.42 Å². The molecular weight excluding hydrogens is 122 g/mol. The Hall–Kier alpha value is -1.11. The van der Waals surface area contributed by atoms with E-state index >= 15 is 0 Å². The summed E-state index contributed by atoms with van der Waals surface area (Å²) >= 11 is 0. The molecule has 1 aliphatic heterocycles. The molecule has 0 unspecified atom stereocenters. The topological polar surface area (TPSA) is 12.4 Å². The minimum absolute atomic E-state index is 0.918. The molecule has 0 N–H and O–H groups in total. The molecule has 1 nitrogen and oxygen atoms in total. The third kappa shape index (κ3) is 0.357. The Morgan fingerprint density at radius 1 is 1.20 bits per heavy atom. The summed E-state index contributed by atoms with van der Waals surface area (Å²) in [6.45, 7) is 0.918. The molecule has 0 saturated carbocycles. The first-order valence-corrected chi connectivity index (χ1v) is 3.58. The van der Waals surface area contributed by atoms with Crippen LogP contribution in [-0.2, 0) is 0 Å². The molecule has 1 heterocycles. The van der Waals surface area contributed by atoms with E-state index in [9.17, 15) is 0 Å². The Morgan fingerprint density at radius 2 is 2.20 bits per heavy atom.